The van der Waals surface area contributed by atoms with E-state index < -0.39 is 12.0 Å². The molecule has 0 saturated heterocycles. The first kappa shape index (κ1) is 18.4. The quantitative estimate of drug-likeness (QED) is 0.487. The molecule has 1 aromatic carbocycles. The van der Waals surface area contributed by atoms with Crippen LogP contribution >= 0.6 is 15.9 Å². The summed E-state index contributed by atoms with van der Waals surface area (Å²) < 4.78 is 4.01. The minimum Gasteiger partial charge on any atom is -0.480 e. The summed E-state index contributed by atoms with van der Waals surface area (Å²) in [7, 11) is 1.82. The number of anilines is 1. The Bertz CT molecular complexity index is 1200. The van der Waals surface area contributed by atoms with Crippen molar-refractivity contribution in [3.63, 3.8) is 0 Å². The molecule has 4 rings (SSSR count). The van der Waals surface area contributed by atoms with Crippen LogP contribution in [-0.2, 0) is 11.8 Å². The SMILES string of the molecule is CC(C)[C@@H](Nc1nc2c(Br)cccc2c2nc(-c3cnn(C)c3)nn12)C(=O)O. The van der Waals surface area contributed by atoms with Crippen molar-refractivity contribution in [2.24, 2.45) is 13.0 Å². The van der Waals surface area contributed by atoms with E-state index in [2.05, 4.69) is 41.4 Å². The van der Waals surface area contributed by atoms with Gasteiger partial charge in [-0.2, -0.15) is 9.61 Å². The number of aryl methyl sites for hydroxylation is 1. The fourth-order valence-corrected chi connectivity index (χ4v) is 3.46. The van der Waals surface area contributed by atoms with E-state index in [0.717, 1.165) is 15.4 Å². The molecular formula is C18H18BrN7O2. The van der Waals surface area contributed by atoms with E-state index in [0.29, 0.717) is 22.9 Å². The van der Waals surface area contributed by atoms with Crippen molar-refractivity contribution in [2.45, 2.75) is 19.9 Å². The minimum absolute atomic E-state index is 0.148. The molecule has 9 nitrogen and oxygen atoms in total. The van der Waals surface area contributed by atoms with Crippen LogP contribution in [0.4, 0.5) is 5.95 Å². The summed E-state index contributed by atoms with van der Waals surface area (Å²) in [5.41, 5.74) is 2.02. The van der Waals surface area contributed by atoms with E-state index in [9.17, 15) is 9.90 Å². The standard InChI is InChI=1S/C18H18BrN7O2/c1-9(2)13(17(27)28)21-18-22-14-11(5-4-6-12(14)19)16-23-15(24-26(16)18)10-7-20-25(3)8-10/h4-9,13H,1-3H3,(H,21,22)(H,27,28)/t13-/m1/s1. The highest BCUT2D eigenvalue weighted by Gasteiger charge is 2.24. The van der Waals surface area contributed by atoms with Crippen LogP contribution in [0.2, 0.25) is 0 Å². The normalized spacial score (nSPS) is 12.8. The Labute approximate surface area is 168 Å². The molecule has 0 fully saturated rings. The van der Waals surface area contributed by atoms with Crippen LogP contribution in [-0.4, -0.2) is 46.5 Å². The van der Waals surface area contributed by atoms with Gasteiger partial charge in [0.2, 0.25) is 5.95 Å². The summed E-state index contributed by atoms with van der Waals surface area (Å²) >= 11 is 3.52. The van der Waals surface area contributed by atoms with Crippen molar-refractivity contribution >= 4 is 44.4 Å². The number of hydrogen-bond acceptors (Lipinski definition) is 6. The molecule has 3 heterocycles. The number of nitrogens with one attached hydrogen (secondary N) is 1. The fourth-order valence-electron chi connectivity index (χ4n) is 3.00. The molecule has 10 heteroatoms. The predicted molar refractivity (Wildman–Crippen MR) is 108 cm³/mol. The van der Waals surface area contributed by atoms with E-state index >= 15 is 0 Å². The zero-order valence-electron chi connectivity index (χ0n) is 15.5. The molecule has 144 valence electrons. The van der Waals surface area contributed by atoms with Crippen molar-refractivity contribution in [3.05, 3.63) is 35.1 Å². The topological polar surface area (TPSA) is 110 Å². The molecule has 1 atom stereocenters. The number of para-hydroxylation sites is 1. The number of hydrogen-bond donors (Lipinski definition) is 2. The molecule has 0 bridgehead atoms. The highest BCUT2D eigenvalue weighted by molar-refractivity contribution is 9.10. The molecule has 0 amide bonds. The lowest BCUT2D eigenvalue weighted by molar-refractivity contribution is -0.138. The number of halogens is 1. The van der Waals surface area contributed by atoms with Gasteiger partial charge >= 0.3 is 5.97 Å². The number of nitrogens with zero attached hydrogens (tertiary/aromatic N) is 6. The van der Waals surface area contributed by atoms with Gasteiger partial charge in [-0.15, -0.1) is 5.10 Å². The molecule has 0 radical (unpaired) electrons. The zero-order valence-corrected chi connectivity index (χ0v) is 17.0. The summed E-state index contributed by atoms with van der Waals surface area (Å²) in [6.07, 6.45) is 3.50. The number of aliphatic carboxylic acids is 1. The third-order valence-corrected chi connectivity index (χ3v) is 5.07. The highest BCUT2D eigenvalue weighted by Crippen LogP contribution is 2.29. The van der Waals surface area contributed by atoms with Gasteiger partial charge in [0.25, 0.3) is 0 Å². The van der Waals surface area contributed by atoms with Gasteiger partial charge in [0, 0.05) is 23.1 Å². The second-order valence-electron chi connectivity index (χ2n) is 6.85. The molecule has 28 heavy (non-hydrogen) atoms. The lowest BCUT2D eigenvalue weighted by Crippen LogP contribution is -2.35. The smallest absolute Gasteiger partial charge is 0.326 e. The number of fused-ring (bicyclic) bond motifs is 3. The summed E-state index contributed by atoms with van der Waals surface area (Å²) in [6.45, 7) is 3.67. The van der Waals surface area contributed by atoms with Crippen LogP contribution in [0.15, 0.2) is 35.1 Å². The fraction of sp³-hybridized carbons (Fsp3) is 0.278. The van der Waals surface area contributed by atoms with Gasteiger partial charge in [-0.3, -0.25) is 4.68 Å². The van der Waals surface area contributed by atoms with E-state index in [1.807, 2.05) is 45.3 Å². The van der Waals surface area contributed by atoms with Crippen LogP contribution < -0.4 is 5.32 Å². The lowest BCUT2D eigenvalue weighted by Gasteiger charge is -2.19. The largest absolute Gasteiger partial charge is 0.480 e. The van der Waals surface area contributed by atoms with E-state index in [-0.39, 0.29) is 5.92 Å². The third-order valence-electron chi connectivity index (χ3n) is 4.43. The maximum absolute atomic E-state index is 11.7. The average Bonchev–Trinajstić information content (AvgIpc) is 3.26. The van der Waals surface area contributed by atoms with Crippen molar-refractivity contribution < 1.29 is 9.90 Å². The summed E-state index contributed by atoms with van der Waals surface area (Å²) in [5, 5.41) is 22.1. The van der Waals surface area contributed by atoms with E-state index in [1.165, 1.54) is 0 Å². The van der Waals surface area contributed by atoms with Crippen molar-refractivity contribution in [1.82, 2.24) is 29.4 Å². The van der Waals surface area contributed by atoms with Crippen LogP contribution in [0.5, 0.6) is 0 Å². The number of aromatic nitrogens is 6. The molecule has 0 aliphatic carbocycles. The highest BCUT2D eigenvalue weighted by atomic mass is 79.9. The molecule has 3 aromatic heterocycles. The molecule has 0 unspecified atom stereocenters. The van der Waals surface area contributed by atoms with Crippen LogP contribution in [0.1, 0.15) is 13.8 Å². The van der Waals surface area contributed by atoms with Crippen molar-refractivity contribution in [2.75, 3.05) is 5.32 Å². The lowest BCUT2D eigenvalue weighted by atomic mass is 10.1. The van der Waals surface area contributed by atoms with Crippen LogP contribution in [0, 0.1) is 5.92 Å². The second-order valence-corrected chi connectivity index (χ2v) is 7.70. The van der Waals surface area contributed by atoms with Crippen LogP contribution in [0.3, 0.4) is 0 Å². The van der Waals surface area contributed by atoms with Gasteiger partial charge in [0.05, 0.1) is 17.3 Å². The van der Waals surface area contributed by atoms with Crippen molar-refractivity contribution in [3.8, 4) is 11.4 Å². The first-order valence-corrected chi connectivity index (χ1v) is 9.48. The number of carboxylic acid groups (broad SMARTS) is 1. The zero-order chi connectivity index (χ0) is 20.0. The van der Waals surface area contributed by atoms with Gasteiger partial charge in [-0.05, 0) is 34.0 Å². The number of carboxylic acids is 1. The summed E-state index contributed by atoms with van der Waals surface area (Å²) in [6, 6.07) is 4.87. The second kappa shape index (κ2) is 6.86. The average molecular weight is 444 g/mol. The van der Waals surface area contributed by atoms with Gasteiger partial charge in [-0.25, -0.2) is 14.8 Å². The Morgan fingerprint density at radius 2 is 2.07 bits per heavy atom. The molecule has 0 saturated carbocycles. The molecular weight excluding hydrogens is 426 g/mol. The Morgan fingerprint density at radius 3 is 2.71 bits per heavy atom. The minimum atomic E-state index is -0.954. The van der Waals surface area contributed by atoms with Gasteiger partial charge in [0.15, 0.2) is 11.5 Å². The Kier molecular flexibility index (Phi) is 4.50. The number of benzene rings is 1. The van der Waals surface area contributed by atoms with Gasteiger partial charge < -0.3 is 10.4 Å². The first-order chi connectivity index (χ1) is 13.3. The van der Waals surface area contributed by atoms with Crippen molar-refractivity contribution in [1.29, 1.82) is 0 Å². The summed E-state index contributed by atoms with van der Waals surface area (Å²) in [4.78, 5) is 21.0. The molecule has 0 aliphatic rings. The van der Waals surface area contributed by atoms with Crippen LogP contribution in [0.25, 0.3) is 27.9 Å². The Balaban J connectivity index is 1.97. The first-order valence-electron chi connectivity index (χ1n) is 8.68. The van der Waals surface area contributed by atoms with E-state index in [4.69, 9.17) is 0 Å². The van der Waals surface area contributed by atoms with Gasteiger partial charge in [0.1, 0.15) is 6.04 Å². The maximum atomic E-state index is 11.7. The number of carbonyl (C=O) groups is 1. The predicted octanol–water partition coefficient (Wildman–Crippen LogP) is 2.96. The molecule has 4 aromatic rings. The maximum Gasteiger partial charge on any atom is 0.326 e. The Hall–Kier alpha value is -3.01. The van der Waals surface area contributed by atoms with E-state index in [1.54, 1.807) is 15.4 Å². The Morgan fingerprint density at radius 1 is 1.29 bits per heavy atom. The molecule has 0 aliphatic heterocycles. The third kappa shape index (κ3) is 3.09. The monoisotopic (exact) mass is 443 g/mol. The molecule has 2 N–H and O–H groups in total. The summed E-state index contributed by atoms with van der Waals surface area (Å²) in [5.74, 6) is -0.296. The number of rotatable bonds is 5. The van der Waals surface area contributed by atoms with Gasteiger partial charge in [-0.1, -0.05) is 19.9 Å². The molecule has 0 spiro atoms.